The minimum absolute atomic E-state index is 0.0542. The van der Waals surface area contributed by atoms with Gasteiger partial charge in [0.05, 0.1) is 12.8 Å². The number of aromatic nitrogens is 2. The summed E-state index contributed by atoms with van der Waals surface area (Å²) < 4.78 is 18.6. The zero-order valence-electron chi connectivity index (χ0n) is 21.6. The fraction of sp³-hybridized carbons (Fsp3) is 0.500. The van der Waals surface area contributed by atoms with E-state index in [-0.39, 0.29) is 42.1 Å². The van der Waals surface area contributed by atoms with Crippen molar-refractivity contribution in [3.63, 3.8) is 0 Å². The fourth-order valence-electron chi connectivity index (χ4n) is 4.66. The van der Waals surface area contributed by atoms with Gasteiger partial charge in [0, 0.05) is 33.1 Å². The van der Waals surface area contributed by atoms with Crippen molar-refractivity contribution in [1.82, 2.24) is 25.5 Å². The van der Waals surface area contributed by atoms with E-state index in [1.165, 1.54) is 13.2 Å². The van der Waals surface area contributed by atoms with Crippen molar-refractivity contribution in [3.05, 3.63) is 52.9 Å². The van der Waals surface area contributed by atoms with E-state index in [9.17, 15) is 14.0 Å². The first-order valence-electron chi connectivity index (χ1n) is 12.4. The van der Waals surface area contributed by atoms with Gasteiger partial charge in [0.2, 0.25) is 0 Å². The van der Waals surface area contributed by atoms with Crippen molar-refractivity contribution >= 4 is 17.6 Å². The van der Waals surface area contributed by atoms with Gasteiger partial charge in [-0.2, -0.15) is 0 Å². The molecule has 11 heteroatoms. The molecule has 2 aromatic rings. The number of hydrogen-bond acceptors (Lipinski definition) is 7. The maximum Gasteiger partial charge on any atom is 0.317 e. The molecule has 1 aromatic carbocycles. The normalized spacial score (nSPS) is 21.0. The van der Waals surface area contributed by atoms with Crippen molar-refractivity contribution in [3.8, 4) is 5.75 Å². The minimum Gasteiger partial charge on any atom is -0.494 e. The number of nitrogens with one attached hydrogen (secondary N) is 2. The topological polar surface area (TPSA) is 118 Å². The monoisotopic (exact) mass is 512 g/mol. The SMILES string of the molecule is COc1cc(CNC(=O)c2cc(C3=NOC([C@H]4CC[C@H](NC(=O)N(C)C)CC4)C3)nc(C)n2)ccc1F. The Kier molecular flexibility index (Phi) is 8.20. The Morgan fingerprint density at radius 3 is 2.62 bits per heavy atom. The summed E-state index contributed by atoms with van der Waals surface area (Å²) >= 11 is 0. The van der Waals surface area contributed by atoms with Gasteiger partial charge < -0.3 is 25.1 Å². The van der Waals surface area contributed by atoms with E-state index in [0.717, 1.165) is 25.7 Å². The number of nitrogens with zero attached hydrogens (tertiary/aromatic N) is 4. The van der Waals surface area contributed by atoms with Gasteiger partial charge in [0.15, 0.2) is 11.6 Å². The van der Waals surface area contributed by atoms with Crippen LogP contribution >= 0.6 is 0 Å². The number of rotatable bonds is 7. The van der Waals surface area contributed by atoms with E-state index >= 15 is 0 Å². The Morgan fingerprint density at radius 1 is 1.16 bits per heavy atom. The number of hydrogen-bond donors (Lipinski definition) is 2. The van der Waals surface area contributed by atoms with Gasteiger partial charge in [-0.15, -0.1) is 0 Å². The summed E-state index contributed by atoms with van der Waals surface area (Å²) in [6.07, 6.45) is 4.23. The summed E-state index contributed by atoms with van der Waals surface area (Å²) in [6.45, 7) is 1.92. The molecule has 0 bridgehead atoms. The molecule has 1 aliphatic heterocycles. The van der Waals surface area contributed by atoms with Crippen LogP contribution in [-0.4, -0.2) is 65.9 Å². The van der Waals surface area contributed by atoms with Crippen LogP contribution in [0.1, 0.15) is 59.7 Å². The number of carbonyl (C=O) groups excluding carboxylic acids is 2. The van der Waals surface area contributed by atoms with Gasteiger partial charge in [-0.05, 0) is 62.3 Å². The first kappa shape index (κ1) is 26.3. The van der Waals surface area contributed by atoms with Crippen LogP contribution in [0.2, 0.25) is 0 Å². The second-order valence-corrected chi connectivity index (χ2v) is 9.68. The molecule has 1 aliphatic carbocycles. The summed E-state index contributed by atoms with van der Waals surface area (Å²) in [5.74, 6) is 0.0777. The van der Waals surface area contributed by atoms with Gasteiger partial charge in [0.1, 0.15) is 23.3 Å². The molecule has 0 saturated heterocycles. The van der Waals surface area contributed by atoms with Crippen LogP contribution in [0.15, 0.2) is 29.4 Å². The van der Waals surface area contributed by atoms with Crippen molar-refractivity contribution in [2.24, 2.45) is 11.1 Å². The third-order valence-electron chi connectivity index (χ3n) is 6.76. The molecule has 2 heterocycles. The van der Waals surface area contributed by atoms with Crippen LogP contribution in [0.25, 0.3) is 0 Å². The molecule has 1 saturated carbocycles. The number of carbonyl (C=O) groups is 2. The highest BCUT2D eigenvalue weighted by atomic mass is 19.1. The Balaban J connectivity index is 1.33. The Bertz CT molecular complexity index is 1180. The third kappa shape index (κ3) is 6.52. The molecule has 0 radical (unpaired) electrons. The lowest BCUT2D eigenvalue weighted by Gasteiger charge is -2.31. The molecule has 37 heavy (non-hydrogen) atoms. The number of amides is 3. The van der Waals surface area contributed by atoms with Crippen LogP contribution in [0.4, 0.5) is 9.18 Å². The minimum atomic E-state index is -0.462. The standard InChI is InChI=1S/C26H33FN6O4/c1-15-29-20(12-22(30-15)25(34)28-14-16-5-10-19(27)24(11-16)36-4)21-13-23(37-32-21)17-6-8-18(9-7-17)31-26(35)33(2)3/h5,10-12,17-18,23H,6-9,13-14H2,1-4H3,(H,28,34)(H,31,35)/t17-,18-,23?. The molecule has 3 amide bonds. The second kappa shape index (κ2) is 11.5. The molecule has 2 aliphatic rings. The highest BCUT2D eigenvalue weighted by molar-refractivity contribution is 6.01. The maximum atomic E-state index is 13.6. The molecule has 1 aromatic heterocycles. The van der Waals surface area contributed by atoms with Gasteiger partial charge in [0.25, 0.3) is 5.91 Å². The zero-order valence-corrected chi connectivity index (χ0v) is 21.6. The highest BCUT2D eigenvalue weighted by Gasteiger charge is 2.34. The lowest BCUT2D eigenvalue weighted by atomic mass is 9.81. The van der Waals surface area contributed by atoms with Gasteiger partial charge in [-0.25, -0.2) is 19.2 Å². The maximum absolute atomic E-state index is 13.6. The van der Waals surface area contributed by atoms with Crippen molar-refractivity contribution < 1.29 is 23.6 Å². The largest absolute Gasteiger partial charge is 0.494 e. The Morgan fingerprint density at radius 2 is 1.92 bits per heavy atom. The Hall–Kier alpha value is -3.76. The molecule has 4 rings (SSSR count). The fourth-order valence-corrected chi connectivity index (χ4v) is 4.66. The van der Waals surface area contributed by atoms with E-state index < -0.39 is 5.82 Å². The molecule has 1 atom stereocenters. The average Bonchev–Trinajstić information content (AvgIpc) is 3.38. The van der Waals surface area contributed by atoms with Crippen molar-refractivity contribution in [1.29, 1.82) is 0 Å². The summed E-state index contributed by atoms with van der Waals surface area (Å²) in [4.78, 5) is 40.8. The second-order valence-electron chi connectivity index (χ2n) is 9.68. The predicted molar refractivity (Wildman–Crippen MR) is 135 cm³/mol. The smallest absolute Gasteiger partial charge is 0.317 e. The van der Waals surface area contributed by atoms with E-state index in [0.29, 0.717) is 35.1 Å². The van der Waals surface area contributed by atoms with Crippen LogP contribution < -0.4 is 15.4 Å². The van der Waals surface area contributed by atoms with Crippen LogP contribution in [0.5, 0.6) is 5.75 Å². The molecule has 198 valence electrons. The first-order chi connectivity index (χ1) is 17.7. The summed E-state index contributed by atoms with van der Waals surface area (Å²) in [5, 5.41) is 10.1. The van der Waals surface area contributed by atoms with Crippen molar-refractivity contribution in [2.45, 2.75) is 57.7 Å². The number of aryl methyl sites for hydroxylation is 1. The average molecular weight is 513 g/mol. The van der Waals surface area contributed by atoms with Gasteiger partial charge in [-0.1, -0.05) is 11.2 Å². The zero-order chi connectivity index (χ0) is 26.5. The summed E-state index contributed by atoms with van der Waals surface area (Å²) in [5.41, 5.74) is 2.18. The molecular formula is C26H33FN6O4. The van der Waals surface area contributed by atoms with Gasteiger partial charge in [-0.3, -0.25) is 4.79 Å². The Labute approximate surface area is 215 Å². The van der Waals surface area contributed by atoms with Crippen molar-refractivity contribution in [2.75, 3.05) is 21.2 Å². The van der Waals surface area contributed by atoms with Crippen LogP contribution in [0, 0.1) is 18.7 Å². The van der Waals surface area contributed by atoms with Gasteiger partial charge >= 0.3 is 6.03 Å². The molecular weight excluding hydrogens is 479 g/mol. The summed E-state index contributed by atoms with van der Waals surface area (Å²) in [6, 6.07) is 6.15. The van der Waals surface area contributed by atoms with Crippen LogP contribution in [0.3, 0.4) is 0 Å². The molecule has 0 spiro atoms. The van der Waals surface area contributed by atoms with E-state index in [1.807, 2.05) is 0 Å². The number of benzene rings is 1. The number of ether oxygens (including phenoxy) is 1. The number of urea groups is 1. The molecule has 1 fully saturated rings. The highest BCUT2D eigenvalue weighted by Crippen LogP contribution is 2.33. The predicted octanol–water partition coefficient (Wildman–Crippen LogP) is 3.19. The van der Waals surface area contributed by atoms with E-state index in [4.69, 9.17) is 9.57 Å². The van der Waals surface area contributed by atoms with E-state index in [2.05, 4.69) is 25.8 Å². The summed E-state index contributed by atoms with van der Waals surface area (Å²) in [7, 11) is 4.86. The van der Waals surface area contributed by atoms with Crippen LogP contribution in [-0.2, 0) is 11.4 Å². The lowest BCUT2D eigenvalue weighted by Crippen LogP contribution is -2.43. The molecule has 10 nitrogen and oxygen atoms in total. The molecule has 2 N–H and O–H groups in total. The first-order valence-corrected chi connectivity index (χ1v) is 12.4. The third-order valence-corrected chi connectivity index (χ3v) is 6.76. The quantitative estimate of drug-likeness (QED) is 0.588. The number of oxime groups is 1. The number of methoxy groups -OCH3 is 1. The van der Waals surface area contributed by atoms with E-state index in [1.54, 1.807) is 44.1 Å². The number of halogens is 1. The molecule has 1 unspecified atom stereocenters. The lowest BCUT2D eigenvalue weighted by molar-refractivity contribution is 0.0237.